The average Bonchev–Trinajstić information content (AvgIpc) is 3.68. The third kappa shape index (κ3) is 3.38. The van der Waals surface area contributed by atoms with Crippen molar-refractivity contribution < 1.29 is 0 Å². The van der Waals surface area contributed by atoms with Crippen molar-refractivity contribution >= 4 is 32.7 Å². The summed E-state index contributed by atoms with van der Waals surface area (Å²) in [6, 6.07) is 47.2. The van der Waals surface area contributed by atoms with Gasteiger partial charge in [-0.25, -0.2) is 9.97 Å². The first-order valence-corrected chi connectivity index (χ1v) is 14.8. The number of hydrogen-bond donors (Lipinski definition) is 0. The summed E-state index contributed by atoms with van der Waals surface area (Å²) in [6.45, 7) is 4.71. The summed E-state index contributed by atoms with van der Waals surface area (Å²) in [5.74, 6) is 0.673. The predicted octanol–water partition coefficient (Wildman–Crippen LogP) is 9.49. The zero-order chi connectivity index (χ0) is 28.7. The van der Waals surface area contributed by atoms with Crippen LogP contribution in [0.3, 0.4) is 0 Å². The Kier molecular flexibility index (Phi) is 4.92. The van der Waals surface area contributed by atoms with Gasteiger partial charge in [-0.05, 0) is 42.0 Å². The number of hydrogen-bond acceptors (Lipinski definition) is 2. The van der Waals surface area contributed by atoms with E-state index in [0.29, 0.717) is 5.95 Å². The highest BCUT2D eigenvalue weighted by atomic mass is 15.2. The number of rotatable bonds is 3. The molecule has 5 aromatic carbocycles. The van der Waals surface area contributed by atoms with Gasteiger partial charge in [0.05, 0.1) is 33.6 Å². The zero-order valence-corrected chi connectivity index (χ0v) is 24.0. The Morgan fingerprint density at radius 1 is 0.535 bits per heavy atom. The molecule has 0 aliphatic carbocycles. The Morgan fingerprint density at radius 2 is 1.14 bits per heavy atom. The van der Waals surface area contributed by atoms with Crippen molar-refractivity contribution in [3.63, 3.8) is 0 Å². The molecule has 0 fully saturated rings. The standard InChI is InChI=1S/C39H28N4/c1-39(2)35-23-27-17-9-11-19-31(27)42(35)34-22-21-33-36(37(34)39)28-18-10-12-20-32(28)43(33)38-40-29(25-13-5-3-6-14-25)24-30(41-38)26-15-7-4-8-16-26/h3-24H,1-2H3. The molecule has 3 aromatic heterocycles. The Hall–Kier alpha value is -5.48. The van der Waals surface area contributed by atoms with Gasteiger partial charge in [-0.2, -0.15) is 0 Å². The van der Waals surface area contributed by atoms with Crippen LogP contribution < -0.4 is 0 Å². The van der Waals surface area contributed by atoms with Gasteiger partial charge in [0.2, 0.25) is 5.95 Å². The van der Waals surface area contributed by atoms with Crippen molar-refractivity contribution in [2.24, 2.45) is 0 Å². The van der Waals surface area contributed by atoms with E-state index in [9.17, 15) is 0 Å². The highest BCUT2D eigenvalue weighted by molar-refractivity contribution is 6.13. The first-order valence-electron chi connectivity index (χ1n) is 14.8. The molecule has 0 saturated heterocycles. The lowest BCUT2D eigenvalue weighted by Crippen LogP contribution is -2.15. The lowest BCUT2D eigenvalue weighted by Gasteiger charge is -2.20. The SMILES string of the molecule is CC1(C)c2c(ccc3c2c2ccccc2n3-c2nc(-c3ccccc3)cc(-c3ccccc3)n2)-n2c1cc1ccccc12. The van der Waals surface area contributed by atoms with Crippen LogP contribution in [0.25, 0.3) is 66.9 Å². The Labute approximate surface area is 249 Å². The van der Waals surface area contributed by atoms with E-state index in [1.54, 1.807) is 0 Å². The van der Waals surface area contributed by atoms with Crippen LogP contribution in [0.1, 0.15) is 25.1 Å². The molecular weight excluding hydrogens is 524 g/mol. The van der Waals surface area contributed by atoms with Crippen molar-refractivity contribution in [2.75, 3.05) is 0 Å². The fraction of sp³-hybridized carbons (Fsp3) is 0.0769. The Morgan fingerprint density at radius 3 is 1.84 bits per heavy atom. The highest BCUT2D eigenvalue weighted by Crippen LogP contribution is 2.50. The molecule has 9 rings (SSSR count). The fourth-order valence-corrected chi connectivity index (χ4v) is 7.13. The van der Waals surface area contributed by atoms with Gasteiger partial charge < -0.3 is 4.57 Å². The molecule has 8 aromatic rings. The van der Waals surface area contributed by atoms with Crippen LogP contribution >= 0.6 is 0 Å². The topological polar surface area (TPSA) is 35.6 Å². The van der Waals surface area contributed by atoms with Gasteiger partial charge in [0, 0.05) is 38.4 Å². The number of benzene rings is 5. The maximum absolute atomic E-state index is 5.22. The van der Waals surface area contributed by atoms with Crippen LogP contribution in [0.5, 0.6) is 0 Å². The second-order valence-electron chi connectivity index (χ2n) is 11.9. The largest absolute Gasteiger partial charge is 0.312 e. The van der Waals surface area contributed by atoms with Gasteiger partial charge in [-0.1, -0.05) is 111 Å². The molecule has 0 atom stereocenters. The second kappa shape index (κ2) is 8.76. The van der Waals surface area contributed by atoms with E-state index in [-0.39, 0.29) is 5.41 Å². The summed E-state index contributed by atoms with van der Waals surface area (Å²) in [7, 11) is 0. The van der Waals surface area contributed by atoms with E-state index in [1.165, 1.54) is 38.6 Å². The summed E-state index contributed by atoms with van der Waals surface area (Å²) in [4.78, 5) is 10.4. The maximum atomic E-state index is 5.22. The molecular formula is C39H28N4. The van der Waals surface area contributed by atoms with Crippen LogP contribution in [0, 0.1) is 0 Å². The van der Waals surface area contributed by atoms with E-state index in [2.05, 4.69) is 144 Å². The minimum absolute atomic E-state index is 0.190. The summed E-state index contributed by atoms with van der Waals surface area (Å²) in [5, 5.41) is 3.76. The van der Waals surface area contributed by atoms with E-state index in [4.69, 9.17) is 9.97 Å². The molecule has 0 bridgehead atoms. The van der Waals surface area contributed by atoms with E-state index in [1.807, 2.05) is 12.1 Å². The van der Waals surface area contributed by atoms with Crippen molar-refractivity contribution in [2.45, 2.75) is 19.3 Å². The van der Waals surface area contributed by atoms with Gasteiger partial charge in [-0.3, -0.25) is 4.57 Å². The van der Waals surface area contributed by atoms with E-state index >= 15 is 0 Å². The predicted molar refractivity (Wildman–Crippen MR) is 176 cm³/mol. The first-order chi connectivity index (χ1) is 21.1. The molecule has 0 unspecified atom stereocenters. The van der Waals surface area contributed by atoms with Crippen molar-refractivity contribution in [3.8, 4) is 34.2 Å². The van der Waals surface area contributed by atoms with Crippen LogP contribution in [0.4, 0.5) is 0 Å². The molecule has 1 aliphatic rings. The summed E-state index contributed by atoms with van der Waals surface area (Å²) in [5.41, 5.74) is 11.1. The lowest BCUT2D eigenvalue weighted by molar-refractivity contribution is 0.650. The van der Waals surface area contributed by atoms with Crippen LogP contribution in [-0.2, 0) is 5.41 Å². The van der Waals surface area contributed by atoms with Gasteiger partial charge in [0.15, 0.2) is 0 Å². The highest BCUT2D eigenvalue weighted by Gasteiger charge is 2.40. The summed E-state index contributed by atoms with van der Waals surface area (Å²) in [6.07, 6.45) is 0. The van der Waals surface area contributed by atoms with Gasteiger partial charge in [-0.15, -0.1) is 0 Å². The molecule has 1 aliphatic heterocycles. The van der Waals surface area contributed by atoms with Crippen molar-refractivity contribution in [3.05, 3.63) is 145 Å². The van der Waals surface area contributed by atoms with Crippen LogP contribution in [-0.4, -0.2) is 19.1 Å². The molecule has 0 saturated carbocycles. The number of fused-ring (bicyclic) bond motifs is 9. The minimum Gasteiger partial charge on any atom is -0.312 e. The van der Waals surface area contributed by atoms with Gasteiger partial charge in [0.1, 0.15) is 0 Å². The molecule has 0 spiro atoms. The first kappa shape index (κ1) is 24.2. The zero-order valence-electron chi connectivity index (χ0n) is 24.0. The van der Waals surface area contributed by atoms with Gasteiger partial charge in [0.25, 0.3) is 0 Å². The maximum Gasteiger partial charge on any atom is 0.235 e. The quantitative estimate of drug-likeness (QED) is 0.219. The smallest absolute Gasteiger partial charge is 0.235 e. The fourth-order valence-electron chi connectivity index (χ4n) is 7.13. The molecule has 43 heavy (non-hydrogen) atoms. The number of aromatic nitrogens is 4. The minimum atomic E-state index is -0.190. The molecule has 204 valence electrons. The average molecular weight is 553 g/mol. The van der Waals surface area contributed by atoms with E-state index < -0.39 is 0 Å². The summed E-state index contributed by atoms with van der Waals surface area (Å²) >= 11 is 0. The molecule has 4 nitrogen and oxygen atoms in total. The van der Waals surface area contributed by atoms with E-state index in [0.717, 1.165) is 33.5 Å². The third-order valence-corrected chi connectivity index (χ3v) is 9.09. The molecule has 4 heterocycles. The molecule has 4 heteroatoms. The number of nitrogens with zero attached hydrogens (tertiary/aromatic N) is 4. The third-order valence-electron chi connectivity index (χ3n) is 9.09. The molecule has 0 N–H and O–H groups in total. The van der Waals surface area contributed by atoms with Crippen LogP contribution in [0.15, 0.2) is 133 Å². The Balaban J connectivity index is 1.38. The monoisotopic (exact) mass is 552 g/mol. The molecule has 0 radical (unpaired) electrons. The van der Waals surface area contributed by atoms with Crippen molar-refractivity contribution in [1.29, 1.82) is 0 Å². The van der Waals surface area contributed by atoms with Crippen molar-refractivity contribution in [1.82, 2.24) is 19.1 Å². The van der Waals surface area contributed by atoms with Crippen LogP contribution in [0.2, 0.25) is 0 Å². The number of para-hydroxylation sites is 2. The van der Waals surface area contributed by atoms with Gasteiger partial charge >= 0.3 is 0 Å². The summed E-state index contributed by atoms with van der Waals surface area (Å²) < 4.78 is 4.71. The lowest BCUT2D eigenvalue weighted by atomic mass is 9.81. The Bertz CT molecular complexity index is 2300. The normalized spacial score (nSPS) is 13.5. The second-order valence-corrected chi connectivity index (χ2v) is 11.9. The molecule has 0 amide bonds.